The molecule has 362 valence electrons. The van der Waals surface area contributed by atoms with E-state index in [-0.39, 0.29) is 77.2 Å². The zero-order valence-electron chi connectivity index (χ0n) is 36.5. The summed E-state index contributed by atoms with van der Waals surface area (Å²) in [4.78, 5) is 56.3. The number of nitrogens with one attached hydrogen (secondary N) is 2. The summed E-state index contributed by atoms with van der Waals surface area (Å²) in [6, 6.07) is 31.0. The average Bonchev–Trinajstić information content (AvgIpc) is 3.33. The van der Waals surface area contributed by atoms with Crippen LogP contribution in [0.3, 0.4) is 0 Å². The lowest BCUT2D eigenvalue weighted by molar-refractivity contribution is -0.132. The van der Waals surface area contributed by atoms with Gasteiger partial charge in [-0.05, 0) is 84.9 Å². The lowest BCUT2D eigenvalue weighted by Gasteiger charge is -2.10. The molecule has 0 atom stereocenters. The number of anilines is 2. The highest BCUT2D eigenvalue weighted by Gasteiger charge is 2.18. The van der Waals surface area contributed by atoms with Gasteiger partial charge < -0.3 is 31.1 Å². The Hall–Kier alpha value is -9.62. The van der Waals surface area contributed by atoms with Crippen LogP contribution in [0.4, 0.5) is 45.5 Å². The van der Waals surface area contributed by atoms with Crippen molar-refractivity contribution in [3.63, 3.8) is 0 Å². The van der Waals surface area contributed by atoms with Crippen LogP contribution >= 0.6 is 0 Å². The highest BCUT2D eigenvalue weighted by molar-refractivity contribution is 7.86. The molecule has 0 saturated heterocycles. The molecule has 0 saturated carbocycles. The zero-order valence-corrected chi connectivity index (χ0v) is 38.1. The van der Waals surface area contributed by atoms with Gasteiger partial charge in [0.2, 0.25) is 11.8 Å². The van der Waals surface area contributed by atoms with Gasteiger partial charge in [-0.1, -0.05) is 48.5 Å². The molecule has 0 aliphatic carbocycles. The van der Waals surface area contributed by atoms with Gasteiger partial charge in [-0.15, -0.1) is 20.5 Å². The largest absolute Gasteiger partial charge is 0.493 e. The van der Waals surface area contributed by atoms with Crippen molar-refractivity contribution in [1.82, 2.24) is 0 Å². The minimum absolute atomic E-state index is 0.0198. The smallest absolute Gasteiger partial charge is 0.328 e. The third-order valence-electron chi connectivity index (χ3n) is 9.90. The van der Waals surface area contributed by atoms with Crippen molar-refractivity contribution in [2.45, 2.75) is 9.79 Å². The molecule has 7 aromatic carbocycles. The van der Waals surface area contributed by atoms with Gasteiger partial charge in [0.15, 0.2) is 0 Å². The monoisotopic (exact) mass is 1010 g/mol. The van der Waals surface area contributed by atoms with Gasteiger partial charge in [-0.25, -0.2) is 19.6 Å². The molecule has 0 aliphatic rings. The first-order valence-electron chi connectivity index (χ1n) is 20.4. The fourth-order valence-corrected chi connectivity index (χ4v) is 8.09. The number of aliphatic hydroxyl groups is 2. The van der Waals surface area contributed by atoms with Crippen LogP contribution in [-0.4, -0.2) is 81.9 Å². The first kappa shape index (κ1) is 50.3. The van der Waals surface area contributed by atoms with Crippen LogP contribution in [0, 0.1) is 0 Å². The maximum absolute atomic E-state index is 13.4. The van der Waals surface area contributed by atoms with Crippen molar-refractivity contribution < 1.29 is 65.5 Å². The number of aliphatic imine (C=N–C) groups is 2. The van der Waals surface area contributed by atoms with Crippen LogP contribution in [0.2, 0.25) is 0 Å². The molecule has 0 fully saturated rings. The van der Waals surface area contributed by atoms with E-state index < -0.39 is 55.8 Å². The molecular formula is C48H34N8O14S2. The Morgan fingerprint density at radius 1 is 0.403 bits per heavy atom. The fourth-order valence-electron chi connectivity index (χ4n) is 6.69. The number of fused-ring (bicyclic) bond motifs is 2. The molecule has 72 heavy (non-hydrogen) atoms. The summed E-state index contributed by atoms with van der Waals surface area (Å²) in [5.41, 5.74) is 0.683. The number of rotatable bonds is 16. The zero-order chi connectivity index (χ0) is 51.7. The van der Waals surface area contributed by atoms with E-state index in [1.807, 2.05) is 0 Å². The standard InChI is InChI=1S/C48H34N8O14S2/c57-43(21-23-45(59)60)51-39-25-29(13-15-37(39)55-53-35-17-19-41(71(65,66)67)33-7-3-1-5-31(33)35)49-47(63)27-9-11-28(12-10-27)48(64)50-30-14-16-38(40(26-30)52-44(58)22-24-46(61)62)56-54-36-18-20-42(72(68,69)70)34-8-4-2-6-32(34)36/h1-26H,(H,49,63)(H,50,64)(H,51,57)(H,52,58)(H,59,60)(H,61,62)(H,65,66,67)(H,68,69,70)/b23-21+,24-22+,55-53?,56-54?. The number of nitrogens with zero attached hydrogens (tertiary/aromatic N) is 6. The second kappa shape index (κ2) is 21.3. The number of aliphatic carboxylic acids is 2. The van der Waals surface area contributed by atoms with Crippen LogP contribution in [0.1, 0.15) is 20.7 Å². The number of aliphatic hydroxyl groups excluding tert-OH is 2. The second-order valence-corrected chi connectivity index (χ2v) is 17.6. The summed E-state index contributed by atoms with van der Waals surface area (Å²) >= 11 is 0. The number of carboxylic acid groups (broad SMARTS) is 2. The lowest BCUT2D eigenvalue weighted by Crippen LogP contribution is -2.14. The van der Waals surface area contributed by atoms with Gasteiger partial charge in [0.05, 0.1) is 22.7 Å². The minimum atomic E-state index is -4.58. The van der Waals surface area contributed by atoms with Crippen molar-refractivity contribution in [2.24, 2.45) is 30.4 Å². The summed E-state index contributed by atoms with van der Waals surface area (Å²) < 4.78 is 67.3. The maximum Gasteiger partial charge on any atom is 0.328 e. The predicted octanol–water partition coefficient (Wildman–Crippen LogP) is 10.3. The van der Waals surface area contributed by atoms with E-state index in [1.54, 1.807) is 36.4 Å². The molecule has 24 heteroatoms. The molecule has 0 radical (unpaired) electrons. The van der Waals surface area contributed by atoms with Gasteiger partial charge in [-0.3, -0.25) is 18.7 Å². The van der Waals surface area contributed by atoms with Crippen molar-refractivity contribution in [2.75, 3.05) is 10.6 Å². The van der Waals surface area contributed by atoms with Crippen molar-refractivity contribution in [3.05, 3.63) is 169 Å². The van der Waals surface area contributed by atoms with E-state index in [0.29, 0.717) is 22.9 Å². The predicted molar refractivity (Wildman–Crippen MR) is 264 cm³/mol. The molecule has 0 heterocycles. The number of carboxylic acids is 2. The van der Waals surface area contributed by atoms with E-state index in [1.165, 1.54) is 84.9 Å². The molecule has 0 bridgehead atoms. The molecule has 2 amide bonds. The third kappa shape index (κ3) is 12.5. The first-order chi connectivity index (χ1) is 34.2. The quantitative estimate of drug-likeness (QED) is 0.0147. The van der Waals surface area contributed by atoms with Crippen LogP contribution in [0.5, 0.6) is 0 Å². The van der Waals surface area contributed by atoms with E-state index in [2.05, 4.69) is 41.1 Å². The number of azo groups is 2. The molecule has 0 unspecified atom stereocenters. The van der Waals surface area contributed by atoms with E-state index in [4.69, 9.17) is 10.2 Å². The highest BCUT2D eigenvalue weighted by atomic mass is 32.2. The van der Waals surface area contributed by atoms with Crippen LogP contribution in [0.25, 0.3) is 21.5 Å². The average molecular weight is 1010 g/mol. The molecular weight excluding hydrogens is 977 g/mol. The first-order valence-corrected chi connectivity index (χ1v) is 23.3. The molecule has 0 spiro atoms. The molecule has 7 aromatic rings. The van der Waals surface area contributed by atoms with Crippen LogP contribution < -0.4 is 10.6 Å². The normalized spacial score (nSPS) is 12.6. The number of benzene rings is 7. The minimum Gasteiger partial charge on any atom is -0.493 e. The number of hydrogen-bond acceptors (Lipinski definition) is 14. The Labute approximate surface area is 406 Å². The third-order valence-corrected chi connectivity index (χ3v) is 11.7. The number of hydrogen-bond donors (Lipinski definition) is 8. The van der Waals surface area contributed by atoms with Gasteiger partial charge in [-0.2, -0.15) is 16.8 Å². The van der Waals surface area contributed by atoms with E-state index >= 15 is 0 Å². The van der Waals surface area contributed by atoms with Gasteiger partial charge in [0.25, 0.3) is 32.1 Å². The van der Waals surface area contributed by atoms with Gasteiger partial charge in [0.1, 0.15) is 21.2 Å². The van der Waals surface area contributed by atoms with Crippen molar-refractivity contribution >= 4 is 123 Å². The van der Waals surface area contributed by atoms with Gasteiger partial charge in [0, 0.05) is 68.4 Å². The Morgan fingerprint density at radius 2 is 0.736 bits per heavy atom. The van der Waals surface area contributed by atoms with Crippen molar-refractivity contribution in [3.8, 4) is 0 Å². The topological polar surface area (TPSA) is 356 Å². The number of carbonyl (C=O) groups is 4. The Balaban J connectivity index is 1.11. The van der Waals surface area contributed by atoms with Gasteiger partial charge >= 0.3 is 11.9 Å². The summed E-state index contributed by atoms with van der Waals surface area (Å²) in [6.07, 6.45) is 2.88. The SMILES string of the molecule is O=C(O)/C=C/C(O)=Nc1cc(NC(=O)c2ccc(C(=O)Nc3ccc(N=Nc4ccc(S(=O)(=O)O)c5ccccc45)c(N=C(O)/C=C/C(=O)O)c3)cc2)ccc1N=Nc1ccc(S(=O)(=O)O)c2ccccc12. The molecule has 7 rings (SSSR count). The summed E-state index contributed by atoms with van der Waals surface area (Å²) in [6.45, 7) is 0. The van der Waals surface area contributed by atoms with E-state index in [0.717, 1.165) is 24.3 Å². The Morgan fingerprint density at radius 3 is 1.08 bits per heavy atom. The highest BCUT2D eigenvalue weighted by Crippen LogP contribution is 2.38. The number of amides is 2. The Kier molecular flexibility index (Phi) is 14.9. The maximum atomic E-state index is 13.4. The summed E-state index contributed by atoms with van der Waals surface area (Å²) in [5.74, 6) is -5.55. The summed E-state index contributed by atoms with van der Waals surface area (Å²) in [5, 5.41) is 62.0. The molecule has 22 nitrogen and oxygen atoms in total. The Bertz CT molecular complexity index is 3530. The molecule has 8 N–H and O–H groups in total. The molecule has 0 aliphatic heterocycles. The summed E-state index contributed by atoms with van der Waals surface area (Å²) in [7, 11) is -9.17. The lowest BCUT2D eigenvalue weighted by atomic mass is 10.1. The van der Waals surface area contributed by atoms with Crippen molar-refractivity contribution in [1.29, 1.82) is 0 Å². The van der Waals surface area contributed by atoms with Crippen LogP contribution in [-0.2, 0) is 29.8 Å². The fraction of sp³-hybridized carbons (Fsp3) is 0. The second-order valence-electron chi connectivity index (χ2n) is 14.8. The van der Waals surface area contributed by atoms with Crippen LogP contribution in [0.15, 0.2) is 198 Å². The number of carbonyl (C=O) groups excluding carboxylic acids is 2. The molecule has 0 aromatic heterocycles. The van der Waals surface area contributed by atoms with E-state index in [9.17, 15) is 55.3 Å².